The first-order valence-corrected chi connectivity index (χ1v) is 8.83. The van der Waals surface area contributed by atoms with Crippen LogP contribution in [0.4, 0.5) is 0 Å². The van der Waals surface area contributed by atoms with Crippen LogP contribution in [0.2, 0.25) is 0 Å². The van der Waals surface area contributed by atoms with Crippen LogP contribution in [0.5, 0.6) is 0 Å². The Hall–Kier alpha value is -0.400. The molecule has 1 saturated heterocycles. The van der Waals surface area contributed by atoms with Crippen LogP contribution in [-0.2, 0) is 9.59 Å². The molecule has 1 N–H and O–H groups in total. The van der Waals surface area contributed by atoms with Crippen LogP contribution in [0.15, 0.2) is 14.3 Å². The summed E-state index contributed by atoms with van der Waals surface area (Å²) < 4.78 is 1.82. The van der Waals surface area contributed by atoms with Crippen molar-refractivity contribution in [1.82, 2.24) is 4.90 Å². The van der Waals surface area contributed by atoms with Gasteiger partial charge >= 0.3 is 5.97 Å². The molecule has 2 heterocycles. The van der Waals surface area contributed by atoms with E-state index in [1.165, 1.54) is 11.3 Å². The van der Waals surface area contributed by atoms with Crippen LogP contribution < -0.4 is 0 Å². The van der Waals surface area contributed by atoms with Crippen molar-refractivity contribution in [3.05, 3.63) is 19.2 Å². The lowest BCUT2D eigenvalue weighted by Gasteiger charge is -2.31. The van der Waals surface area contributed by atoms with Crippen molar-refractivity contribution in [2.45, 2.75) is 32.2 Å². The van der Waals surface area contributed by atoms with E-state index >= 15 is 0 Å². The van der Waals surface area contributed by atoms with Crippen LogP contribution in [0.1, 0.15) is 37.1 Å². The molecule has 1 aromatic rings. The fourth-order valence-corrected chi connectivity index (χ4v) is 4.91. The average molecular weight is 425 g/mol. The molecule has 0 spiro atoms. The van der Waals surface area contributed by atoms with Crippen molar-refractivity contribution in [2.75, 3.05) is 6.54 Å². The van der Waals surface area contributed by atoms with Crippen molar-refractivity contribution in [3.8, 4) is 0 Å². The van der Waals surface area contributed by atoms with Gasteiger partial charge in [0.15, 0.2) is 0 Å². The molecule has 20 heavy (non-hydrogen) atoms. The Bertz CT molecular complexity index is 510. The minimum Gasteiger partial charge on any atom is -0.481 e. The number of thiophene rings is 1. The highest BCUT2D eigenvalue weighted by Crippen LogP contribution is 2.43. The standard InChI is InChI=1S/C13H15Br2NO3S/c1-2-16-10(17)5-3-4-7(13(18)19)11(16)9-6-8(14)12(15)20-9/h6-7,11H,2-5H2,1H3,(H,18,19). The van der Waals surface area contributed by atoms with E-state index in [9.17, 15) is 14.7 Å². The molecule has 0 aliphatic carbocycles. The molecule has 0 radical (unpaired) electrons. The number of carboxylic acid groups (broad SMARTS) is 1. The largest absolute Gasteiger partial charge is 0.481 e. The number of carbonyl (C=O) groups excluding carboxylic acids is 1. The Morgan fingerprint density at radius 1 is 1.55 bits per heavy atom. The molecule has 1 aliphatic heterocycles. The quantitative estimate of drug-likeness (QED) is 0.796. The average Bonchev–Trinajstić information content (AvgIpc) is 2.62. The van der Waals surface area contributed by atoms with E-state index < -0.39 is 11.9 Å². The minimum atomic E-state index is -0.830. The van der Waals surface area contributed by atoms with E-state index in [-0.39, 0.29) is 11.9 Å². The fraction of sp³-hybridized carbons (Fsp3) is 0.538. The number of hydrogen-bond donors (Lipinski definition) is 1. The van der Waals surface area contributed by atoms with Gasteiger partial charge in [0.1, 0.15) is 0 Å². The molecule has 2 atom stereocenters. The zero-order valence-corrected chi connectivity index (χ0v) is 14.9. The molecule has 1 amide bonds. The summed E-state index contributed by atoms with van der Waals surface area (Å²) in [5, 5.41) is 9.51. The van der Waals surface area contributed by atoms with Gasteiger partial charge in [0.2, 0.25) is 5.91 Å². The van der Waals surface area contributed by atoms with Gasteiger partial charge in [0, 0.05) is 22.3 Å². The molecular formula is C13H15Br2NO3S. The summed E-state index contributed by atoms with van der Waals surface area (Å²) in [6.45, 7) is 2.42. The molecule has 2 unspecified atom stereocenters. The first-order chi connectivity index (χ1) is 9.45. The lowest BCUT2D eigenvalue weighted by Crippen LogP contribution is -2.38. The Morgan fingerprint density at radius 3 is 2.75 bits per heavy atom. The smallest absolute Gasteiger partial charge is 0.308 e. The van der Waals surface area contributed by atoms with Crippen LogP contribution in [0, 0.1) is 5.92 Å². The molecule has 1 aromatic heterocycles. The topological polar surface area (TPSA) is 57.6 Å². The van der Waals surface area contributed by atoms with E-state index in [2.05, 4.69) is 31.9 Å². The van der Waals surface area contributed by atoms with E-state index in [0.29, 0.717) is 25.8 Å². The van der Waals surface area contributed by atoms with E-state index in [1.54, 1.807) is 4.90 Å². The lowest BCUT2D eigenvalue weighted by atomic mass is 9.93. The molecule has 110 valence electrons. The number of carboxylic acids is 1. The molecule has 0 saturated carbocycles. The molecule has 0 aromatic carbocycles. The van der Waals surface area contributed by atoms with Gasteiger partial charge in [-0.3, -0.25) is 9.59 Å². The van der Waals surface area contributed by atoms with E-state index in [4.69, 9.17) is 0 Å². The van der Waals surface area contributed by atoms with Crippen molar-refractivity contribution in [1.29, 1.82) is 0 Å². The number of halogens is 2. The Kier molecular flexibility index (Phi) is 5.25. The SMILES string of the molecule is CCN1C(=O)CCCC(C(=O)O)C1c1cc(Br)c(Br)s1. The van der Waals surface area contributed by atoms with Gasteiger partial charge in [-0.25, -0.2) is 0 Å². The third kappa shape index (κ3) is 3.09. The Labute approximate surface area is 138 Å². The predicted octanol–water partition coefficient (Wildman–Crippen LogP) is 4.05. The first kappa shape index (κ1) is 16.0. The highest BCUT2D eigenvalue weighted by atomic mass is 79.9. The molecule has 1 fully saturated rings. The molecule has 7 heteroatoms. The number of aliphatic carboxylic acids is 1. The molecule has 0 bridgehead atoms. The number of rotatable bonds is 3. The highest BCUT2D eigenvalue weighted by molar-refractivity contribution is 9.13. The zero-order valence-electron chi connectivity index (χ0n) is 10.9. The van der Waals surface area contributed by atoms with Gasteiger partial charge in [-0.05, 0) is 57.7 Å². The number of amides is 1. The summed E-state index contributed by atoms with van der Waals surface area (Å²) in [6.07, 6.45) is 1.60. The number of nitrogens with zero attached hydrogens (tertiary/aromatic N) is 1. The van der Waals surface area contributed by atoms with Gasteiger partial charge in [-0.2, -0.15) is 0 Å². The normalized spacial score (nSPS) is 23.8. The Balaban J connectivity index is 2.47. The fourth-order valence-electron chi connectivity index (χ4n) is 2.64. The second kappa shape index (κ2) is 6.58. The number of hydrogen-bond acceptors (Lipinski definition) is 3. The lowest BCUT2D eigenvalue weighted by molar-refractivity contribution is -0.145. The first-order valence-electron chi connectivity index (χ1n) is 6.42. The van der Waals surface area contributed by atoms with Crippen molar-refractivity contribution in [3.63, 3.8) is 0 Å². The van der Waals surface area contributed by atoms with Gasteiger partial charge in [0.25, 0.3) is 0 Å². The maximum absolute atomic E-state index is 12.2. The summed E-state index contributed by atoms with van der Waals surface area (Å²) in [4.78, 5) is 26.4. The van der Waals surface area contributed by atoms with Crippen LogP contribution >= 0.6 is 43.2 Å². The maximum Gasteiger partial charge on any atom is 0.308 e. The third-order valence-electron chi connectivity index (χ3n) is 3.56. The molecular weight excluding hydrogens is 410 g/mol. The zero-order chi connectivity index (χ0) is 14.9. The Morgan fingerprint density at radius 2 is 2.25 bits per heavy atom. The highest BCUT2D eigenvalue weighted by Gasteiger charge is 2.39. The molecule has 4 nitrogen and oxygen atoms in total. The van der Waals surface area contributed by atoms with Gasteiger partial charge in [-0.1, -0.05) is 0 Å². The van der Waals surface area contributed by atoms with E-state index in [0.717, 1.165) is 13.1 Å². The van der Waals surface area contributed by atoms with Gasteiger partial charge in [-0.15, -0.1) is 11.3 Å². The van der Waals surface area contributed by atoms with Crippen molar-refractivity contribution >= 4 is 55.1 Å². The molecule has 2 rings (SSSR count). The van der Waals surface area contributed by atoms with Crippen LogP contribution in [-0.4, -0.2) is 28.4 Å². The summed E-state index contributed by atoms with van der Waals surface area (Å²) in [7, 11) is 0. The van der Waals surface area contributed by atoms with Crippen molar-refractivity contribution in [2.24, 2.45) is 5.92 Å². The van der Waals surface area contributed by atoms with Gasteiger partial charge in [0.05, 0.1) is 15.7 Å². The second-order valence-electron chi connectivity index (χ2n) is 4.73. The summed E-state index contributed by atoms with van der Waals surface area (Å²) in [6, 6.07) is 1.54. The predicted molar refractivity (Wildman–Crippen MR) is 84.8 cm³/mol. The maximum atomic E-state index is 12.2. The second-order valence-corrected chi connectivity index (χ2v) is 7.99. The third-order valence-corrected chi connectivity index (χ3v) is 6.88. The number of likely N-dealkylation sites (tertiary alicyclic amines) is 1. The van der Waals surface area contributed by atoms with Crippen LogP contribution in [0.25, 0.3) is 0 Å². The monoisotopic (exact) mass is 423 g/mol. The van der Waals surface area contributed by atoms with Crippen molar-refractivity contribution < 1.29 is 14.7 Å². The van der Waals surface area contributed by atoms with Crippen LogP contribution in [0.3, 0.4) is 0 Å². The summed E-state index contributed by atoms with van der Waals surface area (Å²) in [5.41, 5.74) is 0. The summed E-state index contributed by atoms with van der Waals surface area (Å²) >= 11 is 8.35. The minimum absolute atomic E-state index is 0.0434. The molecule has 1 aliphatic rings. The summed E-state index contributed by atoms with van der Waals surface area (Å²) in [5.74, 6) is -1.33. The van der Waals surface area contributed by atoms with Gasteiger partial charge < -0.3 is 10.0 Å². The number of carbonyl (C=O) groups is 2. The van der Waals surface area contributed by atoms with E-state index in [1.807, 2.05) is 13.0 Å².